The van der Waals surface area contributed by atoms with Gasteiger partial charge in [0.25, 0.3) is 0 Å². The maximum absolute atomic E-state index is 2.45. The minimum absolute atomic E-state index is 1.18. The second-order valence-corrected chi connectivity index (χ2v) is 11.0. The van der Waals surface area contributed by atoms with Crippen molar-refractivity contribution >= 4 is 54.4 Å². The Morgan fingerprint density at radius 1 is 0.357 bits per heavy atom. The predicted molar refractivity (Wildman–Crippen MR) is 178 cm³/mol. The van der Waals surface area contributed by atoms with Crippen LogP contribution in [0.25, 0.3) is 76.9 Å². The van der Waals surface area contributed by atoms with Crippen LogP contribution in [0, 0.1) is 0 Å². The van der Waals surface area contributed by atoms with Crippen molar-refractivity contribution in [2.45, 2.75) is 0 Å². The maximum Gasteiger partial charge on any atom is 0.0549 e. The minimum atomic E-state index is 1.18. The lowest BCUT2D eigenvalue weighted by Gasteiger charge is -2.14. The van der Waals surface area contributed by atoms with Crippen molar-refractivity contribution in [3.63, 3.8) is 0 Å². The Balaban J connectivity index is 1.43. The Morgan fingerprint density at radius 3 is 1.69 bits per heavy atom. The van der Waals surface area contributed by atoms with Gasteiger partial charge in [-0.3, -0.25) is 0 Å². The van der Waals surface area contributed by atoms with Crippen molar-refractivity contribution in [2.24, 2.45) is 0 Å². The summed E-state index contributed by atoms with van der Waals surface area (Å²) in [6, 6.07) is 57.2. The molecule has 0 fully saturated rings. The molecule has 2 heteroatoms. The molecule has 7 aromatic carbocycles. The third-order valence-corrected chi connectivity index (χ3v) is 8.69. The number of hydrogen-bond acceptors (Lipinski definition) is 0. The summed E-state index contributed by atoms with van der Waals surface area (Å²) in [6.45, 7) is 0. The van der Waals surface area contributed by atoms with E-state index >= 15 is 0 Å². The van der Waals surface area contributed by atoms with Crippen LogP contribution < -0.4 is 0 Å². The van der Waals surface area contributed by atoms with E-state index in [1.54, 1.807) is 0 Å². The zero-order chi connectivity index (χ0) is 27.6. The average molecular weight is 535 g/mol. The van der Waals surface area contributed by atoms with Gasteiger partial charge in [0.2, 0.25) is 0 Å². The predicted octanol–water partition coefficient (Wildman–Crippen LogP) is 10.7. The molecule has 0 N–H and O–H groups in total. The topological polar surface area (TPSA) is 9.86 Å². The second kappa shape index (κ2) is 8.95. The number of aromatic nitrogens is 2. The molecule has 0 aliphatic rings. The molecule has 0 aliphatic heterocycles. The lowest BCUT2D eigenvalue weighted by atomic mass is 10.0. The third-order valence-electron chi connectivity index (χ3n) is 8.69. The van der Waals surface area contributed by atoms with Crippen LogP contribution in [0.4, 0.5) is 0 Å². The number of benzene rings is 7. The van der Waals surface area contributed by atoms with Gasteiger partial charge < -0.3 is 9.13 Å². The van der Waals surface area contributed by atoms with Gasteiger partial charge in [-0.1, -0.05) is 115 Å². The molecule has 196 valence electrons. The molecule has 42 heavy (non-hydrogen) atoms. The minimum Gasteiger partial charge on any atom is -0.309 e. The van der Waals surface area contributed by atoms with Gasteiger partial charge in [0, 0.05) is 32.8 Å². The molecular weight excluding hydrogens is 508 g/mol. The Hall–Kier alpha value is -5.60. The fourth-order valence-electron chi connectivity index (χ4n) is 6.90. The van der Waals surface area contributed by atoms with Crippen LogP contribution >= 0.6 is 0 Å². The largest absolute Gasteiger partial charge is 0.309 e. The number of fused-ring (bicyclic) bond motifs is 8. The average Bonchev–Trinajstić information content (AvgIpc) is 3.58. The van der Waals surface area contributed by atoms with Gasteiger partial charge in [0.1, 0.15) is 0 Å². The zero-order valence-corrected chi connectivity index (χ0v) is 22.9. The highest BCUT2D eigenvalue weighted by atomic mass is 15.0. The first-order valence-corrected chi connectivity index (χ1v) is 14.5. The van der Waals surface area contributed by atoms with Crippen LogP contribution in [0.1, 0.15) is 0 Å². The van der Waals surface area contributed by atoms with Crippen LogP contribution in [0.15, 0.2) is 158 Å². The van der Waals surface area contributed by atoms with E-state index in [0.717, 1.165) is 0 Å². The van der Waals surface area contributed by atoms with Crippen LogP contribution in [-0.2, 0) is 0 Å². The van der Waals surface area contributed by atoms with E-state index < -0.39 is 0 Å². The molecule has 0 aliphatic carbocycles. The molecule has 0 bridgehead atoms. The van der Waals surface area contributed by atoms with Gasteiger partial charge in [-0.15, -0.1) is 0 Å². The SMILES string of the molecule is c1ccc(-c2ccccc2-n2c3ccccc3c3c4c5ccccc5n(-c5ccc6ccccc6c5)c4ccc32)cc1. The van der Waals surface area contributed by atoms with Gasteiger partial charge >= 0.3 is 0 Å². The summed E-state index contributed by atoms with van der Waals surface area (Å²) < 4.78 is 4.88. The van der Waals surface area contributed by atoms with E-state index in [1.165, 1.54) is 76.9 Å². The Bertz CT molecular complexity index is 2460. The zero-order valence-electron chi connectivity index (χ0n) is 22.9. The van der Waals surface area contributed by atoms with E-state index in [-0.39, 0.29) is 0 Å². The summed E-state index contributed by atoms with van der Waals surface area (Å²) in [5.74, 6) is 0. The molecule has 9 rings (SSSR count). The number of para-hydroxylation sites is 3. The molecule has 2 aromatic heterocycles. The van der Waals surface area contributed by atoms with Crippen molar-refractivity contribution in [2.75, 3.05) is 0 Å². The molecule has 0 saturated heterocycles. The lowest BCUT2D eigenvalue weighted by molar-refractivity contribution is 1.17. The first-order valence-electron chi connectivity index (χ1n) is 14.5. The van der Waals surface area contributed by atoms with E-state index in [9.17, 15) is 0 Å². The fraction of sp³-hybridized carbons (Fsp3) is 0. The van der Waals surface area contributed by atoms with Crippen molar-refractivity contribution in [1.29, 1.82) is 0 Å². The molecule has 2 heterocycles. The maximum atomic E-state index is 2.45. The summed E-state index contributed by atoms with van der Waals surface area (Å²) in [5.41, 5.74) is 9.67. The fourth-order valence-corrected chi connectivity index (χ4v) is 6.90. The Morgan fingerprint density at radius 2 is 0.929 bits per heavy atom. The molecule has 9 aromatic rings. The van der Waals surface area contributed by atoms with Crippen LogP contribution in [0.2, 0.25) is 0 Å². The highest BCUT2D eigenvalue weighted by molar-refractivity contribution is 6.29. The van der Waals surface area contributed by atoms with E-state index in [4.69, 9.17) is 0 Å². The quantitative estimate of drug-likeness (QED) is 0.213. The second-order valence-electron chi connectivity index (χ2n) is 11.0. The summed E-state index contributed by atoms with van der Waals surface area (Å²) >= 11 is 0. The highest BCUT2D eigenvalue weighted by Gasteiger charge is 2.21. The Kier molecular flexibility index (Phi) is 4.93. The van der Waals surface area contributed by atoms with Crippen LogP contribution in [0.3, 0.4) is 0 Å². The van der Waals surface area contributed by atoms with Gasteiger partial charge in [-0.05, 0) is 58.8 Å². The number of rotatable bonds is 3. The Labute approximate surface area is 243 Å². The van der Waals surface area contributed by atoms with E-state index in [2.05, 4.69) is 167 Å². The standard InChI is InChI=1S/C40H26N2/c1-2-13-28(14-3-1)31-16-6-9-19-34(31)42-36-21-11-8-18-33(36)40-38(42)25-24-37-39(40)32-17-7-10-20-35(32)41(37)30-23-22-27-12-4-5-15-29(27)26-30/h1-26H. The summed E-state index contributed by atoms with van der Waals surface area (Å²) in [5, 5.41) is 7.62. The van der Waals surface area contributed by atoms with Crippen LogP contribution in [-0.4, -0.2) is 9.13 Å². The van der Waals surface area contributed by atoms with Gasteiger partial charge in [0.05, 0.1) is 27.8 Å². The van der Waals surface area contributed by atoms with E-state index in [0.29, 0.717) is 0 Å². The summed E-state index contributed by atoms with van der Waals surface area (Å²) in [4.78, 5) is 0. The van der Waals surface area contributed by atoms with Gasteiger partial charge in [-0.25, -0.2) is 0 Å². The smallest absolute Gasteiger partial charge is 0.0549 e. The van der Waals surface area contributed by atoms with E-state index in [1.807, 2.05) is 0 Å². The van der Waals surface area contributed by atoms with Gasteiger partial charge in [0.15, 0.2) is 0 Å². The summed E-state index contributed by atoms with van der Waals surface area (Å²) in [6.07, 6.45) is 0. The van der Waals surface area contributed by atoms with Crippen molar-refractivity contribution in [1.82, 2.24) is 9.13 Å². The van der Waals surface area contributed by atoms with Crippen molar-refractivity contribution in [3.05, 3.63) is 158 Å². The molecule has 0 spiro atoms. The number of nitrogens with zero attached hydrogens (tertiary/aromatic N) is 2. The molecule has 0 saturated carbocycles. The molecule has 2 nitrogen and oxygen atoms in total. The van der Waals surface area contributed by atoms with Crippen LogP contribution in [0.5, 0.6) is 0 Å². The normalized spacial score (nSPS) is 11.8. The molecule has 0 unspecified atom stereocenters. The van der Waals surface area contributed by atoms with Crippen molar-refractivity contribution < 1.29 is 0 Å². The first kappa shape index (κ1) is 23.1. The van der Waals surface area contributed by atoms with Crippen molar-refractivity contribution in [3.8, 4) is 22.5 Å². The first-order chi connectivity index (χ1) is 20.9. The highest BCUT2D eigenvalue weighted by Crippen LogP contribution is 2.43. The lowest BCUT2D eigenvalue weighted by Crippen LogP contribution is -1.97. The number of hydrogen-bond donors (Lipinski definition) is 0. The molecule has 0 atom stereocenters. The molecule has 0 amide bonds. The third kappa shape index (κ3) is 3.27. The monoisotopic (exact) mass is 534 g/mol. The molecular formula is C40H26N2. The summed E-state index contributed by atoms with van der Waals surface area (Å²) in [7, 11) is 0. The van der Waals surface area contributed by atoms with Gasteiger partial charge in [-0.2, -0.15) is 0 Å². The molecule has 0 radical (unpaired) electrons.